The zero-order valence-electron chi connectivity index (χ0n) is 15.5. The van der Waals surface area contributed by atoms with E-state index in [1.54, 1.807) is 0 Å². The lowest BCUT2D eigenvalue weighted by Crippen LogP contribution is -2.39. The highest BCUT2D eigenvalue weighted by molar-refractivity contribution is 7.16. The largest absolute Gasteiger partial charge is 0.349 e. The van der Waals surface area contributed by atoms with Crippen LogP contribution in [0.1, 0.15) is 67.8 Å². The van der Waals surface area contributed by atoms with Gasteiger partial charge in [0, 0.05) is 16.8 Å². The van der Waals surface area contributed by atoms with Crippen LogP contribution in [0.25, 0.3) is 0 Å². The smallest absolute Gasteiger partial charge is 0.254 e. The minimum Gasteiger partial charge on any atom is -0.349 e. The number of rotatable bonds is 4. The minimum atomic E-state index is -0.0498. The summed E-state index contributed by atoms with van der Waals surface area (Å²) in [5.74, 6) is -0.0367. The molecule has 0 atom stereocenters. The van der Waals surface area contributed by atoms with Crippen LogP contribution in [-0.2, 0) is 4.79 Å². The van der Waals surface area contributed by atoms with E-state index in [-0.39, 0.29) is 28.6 Å². The number of thiophene rings is 1. The predicted molar refractivity (Wildman–Crippen MR) is 98.6 cm³/mol. The van der Waals surface area contributed by atoms with Crippen LogP contribution in [0, 0.1) is 30.6 Å². The summed E-state index contributed by atoms with van der Waals surface area (Å²) in [7, 11) is 0. The van der Waals surface area contributed by atoms with E-state index in [0.717, 1.165) is 23.3 Å². The molecule has 2 fully saturated rings. The summed E-state index contributed by atoms with van der Waals surface area (Å²) >= 11 is 1.50. The second-order valence-electron chi connectivity index (χ2n) is 8.45. The Hall–Kier alpha value is -1.36. The number of nitrogens with one attached hydrogen (secondary N) is 2. The first-order chi connectivity index (χ1) is 11.1. The standard InChI is InChI=1S/C19H28N2O2S/c1-10-11(2)24-17(13(10)15(22)20-12-8-7-9-12)21-16(23)14-18(3,4)19(14,5)6/h12,14H,7-9H2,1-6H3,(H,20,22)(H,21,23). The third-order valence-corrected chi connectivity index (χ3v) is 7.70. The van der Waals surface area contributed by atoms with Gasteiger partial charge in [-0.25, -0.2) is 0 Å². The van der Waals surface area contributed by atoms with E-state index in [1.807, 2.05) is 13.8 Å². The number of carbonyl (C=O) groups is 2. The Morgan fingerprint density at radius 2 is 1.67 bits per heavy atom. The van der Waals surface area contributed by atoms with E-state index in [2.05, 4.69) is 38.3 Å². The monoisotopic (exact) mass is 348 g/mol. The topological polar surface area (TPSA) is 58.2 Å². The van der Waals surface area contributed by atoms with Gasteiger partial charge in [-0.1, -0.05) is 27.7 Å². The Morgan fingerprint density at radius 1 is 1.08 bits per heavy atom. The summed E-state index contributed by atoms with van der Waals surface area (Å²) < 4.78 is 0. The van der Waals surface area contributed by atoms with Crippen molar-refractivity contribution >= 4 is 28.2 Å². The fraction of sp³-hybridized carbons (Fsp3) is 0.684. The highest BCUT2D eigenvalue weighted by Gasteiger charge is 2.68. The van der Waals surface area contributed by atoms with Crippen LogP contribution in [0.5, 0.6) is 0 Å². The lowest BCUT2D eigenvalue weighted by molar-refractivity contribution is -0.118. The lowest BCUT2D eigenvalue weighted by Gasteiger charge is -2.26. The molecule has 0 radical (unpaired) electrons. The second kappa shape index (κ2) is 5.58. The number of hydrogen-bond acceptors (Lipinski definition) is 3. The molecule has 0 unspecified atom stereocenters. The van der Waals surface area contributed by atoms with Crippen molar-refractivity contribution in [3.8, 4) is 0 Å². The van der Waals surface area contributed by atoms with Crippen LogP contribution >= 0.6 is 11.3 Å². The number of carbonyl (C=O) groups excluding carboxylic acids is 2. The molecule has 1 aromatic heterocycles. The van der Waals surface area contributed by atoms with Gasteiger partial charge in [-0.2, -0.15) is 0 Å². The predicted octanol–water partition coefficient (Wildman–Crippen LogP) is 4.27. The molecule has 24 heavy (non-hydrogen) atoms. The normalized spacial score (nSPS) is 21.9. The summed E-state index contributed by atoms with van der Waals surface area (Å²) in [6.07, 6.45) is 3.29. The van der Waals surface area contributed by atoms with Gasteiger partial charge in [-0.05, 0) is 49.5 Å². The van der Waals surface area contributed by atoms with Gasteiger partial charge in [0.2, 0.25) is 5.91 Å². The van der Waals surface area contributed by atoms with Gasteiger partial charge in [-0.15, -0.1) is 11.3 Å². The molecular weight excluding hydrogens is 320 g/mol. The molecule has 3 rings (SSSR count). The molecule has 2 aliphatic rings. The van der Waals surface area contributed by atoms with Gasteiger partial charge in [0.1, 0.15) is 5.00 Å². The Bertz CT molecular complexity index is 684. The number of anilines is 1. The molecule has 2 amide bonds. The van der Waals surface area contributed by atoms with Crippen LogP contribution in [0.15, 0.2) is 0 Å². The first-order valence-electron chi connectivity index (χ1n) is 8.79. The molecule has 2 aliphatic carbocycles. The molecule has 4 nitrogen and oxygen atoms in total. The van der Waals surface area contributed by atoms with Crippen molar-refractivity contribution in [1.29, 1.82) is 0 Å². The minimum absolute atomic E-state index is 0.00716. The van der Waals surface area contributed by atoms with Crippen molar-refractivity contribution in [1.82, 2.24) is 5.32 Å². The molecule has 0 aromatic carbocycles. The maximum atomic E-state index is 12.8. The average molecular weight is 349 g/mol. The zero-order valence-corrected chi connectivity index (χ0v) is 16.3. The maximum absolute atomic E-state index is 12.8. The molecule has 0 saturated heterocycles. The van der Waals surface area contributed by atoms with Crippen molar-refractivity contribution in [3.05, 3.63) is 16.0 Å². The van der Waals surface area contributed by atoms with Crippen molar-refractivity contribution in [2.75, 3.05) is 5.32 Å². The van der Waals surface area contributed by atoms with Gasteiger partial charge >= 0.3 is 0 Å². The molecule has 1 heterocycles. The van der Waals surface area contributed by atoms with Crippen molar-refractivity contribution in [2.24, 2.45) is 16.7 Å². The Morgan fingerprint density at radius 3 is 2.12 bits per heavy atom. The number of amides is 2. The van der Waals surface area contributed by atoms with Crippen LogP contribution in [0.4, 0.5) is 5.00 Å². The van der Waals surface area contributed by atoms with E-state index >= 15 is 0 Å². The third kappa shape index (κ3) is 2.57. The third-order valence-electron chi connectivity index (χ3n) is 6.57. The molecule has 132 valence electrons. The molecule has 0 aliphatic heterocycles. The number of hydrogen-bond donors (Lipinski definition) is 2. The van der Waals surface area contributed by atoms with Crippen LogP contribution in [0.2, 0.25) is 0 Å². The summed E-state index contributed by atoms with van der Waals surface area (Å²) in [4.78, 5) is 26.5. The van der Waals surface area contributed by atoms with Gasteiger partial charge < -0.3 is 10.6 Å². The fourth-order valence-electron chi connectivity index (χ4n) is 3.83. The van der Waals surface area contributed by atoms with Gasteiger partial charge in [0.15, 0.2) is 0 Å². The summed E-state index contributed by atoms with van der Waals surface area (Å²) in [5, 5.41) is 6.85. The fourth-order valence-corrected chi connectivity index (χ4v) is 4.90. The molecule has 2 saturated carbocycles. The number of aryl methyl sites for hydroxylation is 1. The van der Waals surface area contributed by atoms with E-state index in [9.17, 15) is 9.59 Å². The molecule has 0 bridgehead atoms. The quantitative estimate of drug-likeness (QED) is 0.854. The molecular formula is C19H28N2O2S. The SMILES string of the molecule is Cc1sc(NC(=O)C2C(C)(C)C2(C)C)c(C(=O)NC2CCC2)c1C. The molecule has 5 heteroatoms. The maximum Gasteiger partial charge on any atom is 0.254 e. The highest BCUT2D eigenvalue weighted by Crippen LogP contribution is 2.68. The van der Waals surface area contributed by atoms with Crippen LogP contribution in [-0.4, -0.2) is 17.9 Å². The molecule has 2 N–H and O–H groups in total. The zero-order chi connectivity index (χ0) is 17.9. The Balaban J connectivity index is 1.80. The van der Waals surface area contributed by atoms with Gasteiger partial charge in [0.25, 0.3) is 5.91 Å². The van der Waals surface area contributed by atoms with Crippen molar-refractivity contribution in [2.45, 2.75) is 66.8 Å². The first-order valence-corrected chi connectivity index (χ1v) is 9.60. The van der Waals surface area contributed by atoms with E-state index in [0.29, 0.717) is 16.6 Å². The summed E-state index contributed by atoms with van der Waals surface area (Å²) in [6, 6.07) is 0.293. The van der Waals surface area contributed by atoms with Crippen molar-refractivity contribution < 1.29 is 9.59 Å². The Kier molecular flexibility index (Phi) is 4.06. The van der Waals surface area contributed by atoms with E-state index < -0.39 is 0 Å². The lowest BCUT2D eigenvalue weighted by atomic mass is 9.93. The van der Waals surface area contributed by atoms with Crippen molar-refractivity contribution in [3.63, 3.8) is 0 Å². The highest BCUT2D eigenvalue weighted by atomic mass is 32.1. The van der Waals surface area contributed by atoms with Gasteiger partial charge in [0.05, 0.1) is 5.56 Å². The average Bonchev–Trinajstić information content (AvgIpc) is 2.66. The summed E-state index contributed by atoms with van der Waals surface area (Å²) in [6.45, 7) is 12.5. The molecule has 0 spiro atoms. The van der Waals surface area contributed by atoms with E-state index in [4.69, 9.17) is 0 Å². The molecule has 1 aromatic rings. The van der Waals surface area contributed by atoms with Crippen LogP contribution in [0.3, 0.4) is 0 Å². The van der Waals surface area contributed by atoms with Crippen LogP contribution < -0.4 is 10.6 Å². The summed E-state index contributed by atoms with van der Waals surface area (Å²) in [5.41, 5.74) is 1.61. The second-order valence-corrected chi connectivity index (χ2v) is 9.68. The van der Waals surface area contributed by atoms with Gasteiger partial charge in [-0.3, -0.25) is 9.59 Å². The Labute approximate surface area is 148 Å². The first kappa shape index (κ1) is 17.5. The van der Waals surface area contributed by atoms with E-state index in [1.165, 1.54) is 17.8 Å².